The molecule has 1 amide bonds. The van der Waals surface area contributed by atoms with Gasteiger partial charge >= 0.3 is 0 Å². The molecule has 0 saturated carbocycles. The van der Waals surface area contributed by atoms with Gasteiger partial charge in [-0.1, -0.05) is 30.3 Å². The Balaban J connectivity index is 1.25. The van der Waals surface area contributed by atoms with Gasteiger partial charge in [0, 0.05) is 22.5 Å². The van der Waals surface area contributed by atoms with Crippen LogP contribution in [0.2, 0.25) is 0 Å². The first-order chi connectivity index (χ1) is 16.5. The smallest absolute Gasteiger partial charge is 0.261 e. The lowest BCUT2D eigenvalue weighted by Gasteiger charge is -2.09. The van der Waals surface area contributed by atoms with Crippen LogP contribution in [0, 0.1) is 0 Å². The van der Waals surface area contributed by atoms with Crippen LogP contribution < -0.4 is 10.0 Å². The third-order valence-corrected chi connectivity index (χ3v) is 6.53. The first kappa shape index (κ1) is 21.4. The van der Waals surface area contributed by atoms with Crippen molar-refractivity contribution < 1.29 is 17.6 Å². The average Bonchev–Trinajstić information content (AvgIpc) is 3.30. The lowest BCUT2D eigenvalue weighted by Crippen LogP contribution is -2.14. The maximum absolute atomic E-state index is 12.6. The Morgan fingerprint density at radius 2 is 1.38 bits per heavy atom. The zero-order chi connectivity index (χ0) is 23.5. The molecule has 5 aromatic rings. The maximum Gasteiger partial charge on any atom is 0.261 e. The van der Waals surface area contributed by atoms with Gasteiger partial charge in [-0.3, -0.25) is 9.52 Å². The number of rotatable bonds is 6. The summed E-state index contributed by atoms with van der Waals surface area (Å²) in [6.07, 6.45) is 0. The van der Waals surface area contributed by atoms with Gasteiger partial charge in [0.15, 0.2) is 5.58 Å². The highest BCUT2D eigenvalue weighted by Gasteiger charge is 2.14. The second kappa shape index (κ2) is 8.84. The number of oxazole rings is 1. The number of hydrogen-bond donors (Lipinski definition) is 2. The van der Waals surface area contributed by atoms with Crippen molar-refractivity contribution in [2.75, 3.05) is 10.0 Å². The Kier molecular flexibility index (Phi) is 5.57. The predicted octanol–water partition coefficient (Wildman–Crippen LogP) is 5.55. The van der Waals surface area contributed by atoms with Crippen LogP contribution in [0.1, 0.15) is 10.4 Å². The molecule has 0 aliphatic rings. The fourth-order valence-corrected chi connectivity index (χ4v) is 4.48. The molecule has 8 heteroatoms. The summed E-state index contributed by atoms with van der Waals surface area (Å²) in [6, 6.07) is 29.0. The quantitative estimate of drug-likeness (QED) is 0.340. The number of hydrogen-bond acceptors (Lipinski definition) is 5. The number of nitrogens with zero attached hydrogens (tertiary/aromatic N) is 1. The largest absolute Gasteiger partial charge is 0.436 e. The predicted molar refractivity (Wildman–Crippen MR) is 131 cm³/mol. The zero-order valence-corrected chi connectivity index (χ0v) is 18.6. The van der Waals surface area contributed by atoms with Crippen molar-refractivity contribution in [2.24, 2.45) is 0 Å². The molecular weight excluding hydrogens is 450 g/mol. The average molecular weight is 470 g/mol. The van der Waals surface area contributed by atoms with Gasteiger partial charge in [0.05, 0.1) is 4.90 Å². The van der Waals surface area contributed by atoms with Crippen LogP contribution in [0.4, 0.5) is 11.4 Å². The van der Waals surface area contributed by atoms with Crippen LogP contribution in [0.15, 0.2) is 112 Å². The molecule has 7 nitrogen and oxygen atoms in total. The first-order valence-electron chi connectivity index (χ1n) is 10.4. The Bertz CT molecular complexity index is 1530. The van der Waals surface area contributed by atoms with Gasteiger partial charge in [-0.15, -0.1) is 0 Å². The second-order valence-electron chi connectivity index (χ2n) is 7.51. The van der Waals surface area contributed by atoms with Crippen molar-refractivity contribution in [3.63, 3.8) is 0 Å². The van der Waals surface area contributed by atoms with E-state index >= 15 is 0 Å². The summed E-state index contributed by atoms with van der Waals surface area (Å²) in [5, 5.41) is 2.83. The Labute approximate surface area is 196 Å². The highest BCUT2D eigenvalue weighted by atomic mass is 32.2. The van der Waals surface area contributed by atoms with Crippen LogP contribution in [0.5, 0.6) is 0 Å². The number of sulfonamides is 1. The minimum absolute atomic E-state index is 0.165. The summed E-state index contributed by atoms with van der Waals surface area (Å²) in [4.78, 5) is 17.3. The Morgan fingerprint density at radius 3 is 2.09 bits per heavy atom. The number of anilines is 2. The summed E-state index contributed by atoms with van der Waals surface area (Å²) in [5.41, 5.74) is 3.66. The third kappa shape index (κ3) is 4.53. The summed E-state index contributed by atoms with van der Waals surface area (Å²) < 4.78 is 33.2. The van der Waals surface area contributed by atoms with Gasteiger partial charge in [-0.2, -0.15) is 0 Å². The lowest BCUT2D eigenvalue weighted by atomic mass is 10.1. The Hall–Kier alpha value is -4.43. The number of benzene rings is 4. The van der Waals surface area contributed by atoms with Gasteiger partial charge < -0.3 is 9.73 Å². The van der Waals surface area contributed by atoms with Gasteiger partial charge in [-0.25, -0.2) is 13.4 Å². The number of fused-ring (bicyclic) bond motifs is 1. The van der Waals surface area contributed by atoms with Crippen molar-refractivity contribution in [3.8, 4) is 11.5 Å². The molecule has 0 unspecified atom stereocenters. The van der Waals surface area contributed by atoms with E-state index in [2.05, 4.69) is 15.0 Å². The van der Waals surface area contributed by atoms with E-state index in [9.17, 15) is 13.2 Å². The molecule has 0 saturated heterocycles. The van der Waals surface area contributed by atoms with E-state index in [0.29, 0.717) is 28.4 Å². The minimum Gasteiger partial charge on any atom is -0.436 e. The van der Waals surface area contributed by atoms with Crippen LogP contribution in [0.3, 0.4) is 0 Å². The molecule has 5 rings (SSSR count). The zero-order valence-electron chi connectivity index (χ0n) is 17.8. The molecule has 0 fully saturated rings. The van der Waals surface area contributed by atoms with E-state index in [1.54, 1.807) is 54.6 Å². The van der Waals surface area contributed by atoms with E-state index in [1.165, 1.54) is 12.1 Å². The normalized spacial score (nSPS) is 11.3. The highest BCUT2D eigenvalue weighted by molar-refractivity contribution is 7.92. The van der Waals surface area contributed by atoms with E-state index in [-0.39, 0.29) is 10.8 Å². The number of aromatic nitrogens is 1. The molecule has 168 valence electrons. The summed E-state index contributed by atoms with van der Waals surface area (Å²) in [5.74, 6) is 0.194. The van der Waals surface area contributed by atoms with Gasteiger partial charge in [0.2, 0.25) is 5.89 Å². The van der Waals surface area contributed by atoms with Crippen LogP contribution in [0.25, 0.3) is 22.6 Å². The van der Waals surface area contributed by atoms with E-state index in [4.69, 9.17) is 4.42 Å². The number of amides is 1. The summed E-state index contributed by atoms with van der Waals surface area (Å²) in [6.45, 7) is 0. The molecule has 0 aliphatic heterocycles. The molecule has 0 radical (unpaired) electrons. The lowest BCUT2D eigenvalue weighted by molar-refractivity contribution is 0.102. The van der Waals surface area contributed by atoms with Crippen molar-refractivity contribution >= 4 is 38.4 Å². The van der Waals surface area contributed by atoms with Crippen LogP contribution in [-0.4, -0.2) is 19.3 Å². The molecule has 0 atom stereocenters. The van der Waals surface area contributed by atoms with E-state index in [1.807, 2.05) is 36.4 Å². The molecule has 1 aromatic heterocycles. The number of carbonyl (C=O) groups excluding carboxylic acids is 1. The fraction of sp³-hybridized carbons (Fsp3) is 0. The van der Waals surface area contributed by atoms with E-state index in [0.717, 1.165) is 11.1 Å². The standard InChI is InChI=1S/C26H19N3O4S/c30-25(18-10-16-21(17-11-18)29-34(31,32)22-6-2-1-3-7-22)27-20-14-12-19(13-15-20)26-28-23-8-4-5-9-24(23)33-26/h1-17,29H,(H,27,30). The summed E-state index contributed by atoms with van der Waals surface area (Å²) >= 11 is 0. The monoisotopic (exact) mass is 469 g/mol. The summed E-state index contributed by atoms with van der Waals surface area (Å²) in [7, 11) is -3.69. The first-order valence-corrected chi connectivity index (χ1v) is 11.9. The van der Waals surface area contributed by atoms with Gasteiger partial charge in [0.25, 0.3) is 15.9 Å². The highest BCUT2D eigenvalue weighted by Crippen LogP contribution is 2.25. The number of nitrogens with one attached hydrogen (secondary N) is 2. The third-order valence-electron chi connectivity index (χ3n) is 5.14. The number of carbonyl (C=O) groups is 1. The molecule has 4 aromatic carbocycles. The molecule has 2 N–H and O–H groups in total. The van der Waals surface area contributed by atoms with Crippen molar-refractivity contribution in [2.45, 2.75) is 4.90 Å². The number of para-hydroxylation sites is 2. The Morgan fingerprint density at radius 1 is 0.735 bits per heavy atom. The molecule has 0 aliphatic carbocycles. The molecule has 0 bridgehead atoms. The fourth-order valence-electron chi connectivity index (χ4n) is 3.40. The second-order valence-corrected chi connectivity index (χ2v) is 9.20. The van der Waals surface area contributed by atoms with E-state index < -0.39 is 10.0 Å². The van der Waals surface area contributed by atoms with Crippen molar-refractivity contribution in [3.05, 3.63) is 109 Å². The van der Waals surface area contributed by atoms with Crippen molar-refractivity contribution in [1.82, 2.24) is 4.98 Å². The molecule has 34 heavy (non-hydrogen) atoms. The topological polar surface area (TPSA) is 101 Å². The minimum atomic E-state index is -3.69. The molecular formula is C26H19N3O4S. The molecule has 1 heterocycles. The molecule has 0 spiro atoms. The maximum atomic E-state index is 12.6. The van der Waals surface area contributed by atoms with Gasteiger partial charge in [-0.05, 0) is 72.8 Å². The van der Waals surface area contributed by atoms with Crippen molar-refractivity contribution in [1.29, 1.82) is 0 Å². The SMILES string of the molecule is O=C(Nc1ccc(-c2nc3ccccc3o2)cc1)c1ccc(NS(=O)(=O)c2ccccc2)cc1. The van der Waals surface area contributed by atoms with Crippen LogP contribution in [-0.2, 0) is 10.0 Å². The van der Waals surface area contributed by atoms with Crippen LogP contribution >= 0.6 is 0 Å². The van der Waals surface area contributed by atoms with Gasteiger partial charge in [0.1, 0.15) is 5.52 Å².